The monoisotopic (exact) mass is 802 g/mol. The van der Waals surface area contributed by atoms with E-state index in [9.17, 15) is 35.2 Å². The van der Waals surface area contributed by atoms with Crippen LogP contribution in [0, 0.1) is 29.4 Å². The third-order valence-electron chi connectivity index (χ3n) is 9.49. The van der Waals surface area contributed by atoms with Crippen LogP contribution in [0.1, 0.15) is 52.3 Å². The van der Waals surface area contributed by atoms with E-state index in [0.29, 0.717) is 39.3 Å². The first-order valence-corrected chi connectivity index (χ1v) is 19.0. The van der Waals surface area contributed by atoms with Crippen LogP contribution in [0.2, 0.25) is 0 Å². The highest BCUT2D eigenvalue weighted by molar-refractivity contribution is 7.92. The van der Waals surface area contributed by atoms with Gasteiger partial charge in [0.05, 0.1) is 30.1 Å². The van der Waals surface area contributed by atoms with Crippen LogP contribution in [0.3, 0.4) is 0 Å². The lowest BCUT2D eigenvalue weighted by Crippen LogP contribution is -2.35. The van der Waals surface area contributed by atoms with E-state index < -0.39 is 81.0 Å². The summed E-state index contributed by atoms with van der Waals surface area (Å²) in [5.74, 6) is -3.01. The van der Waals surface area contributed by atoms with E-state index in [1.165, 1.54) is 4.68 Å². The normalized spacial score (nSPS) is 17.6. The van der Waals surface area contributed by atoms with Crippen LogP contribution < -0.4 is 10.0 Å². The fourth-order valence-corrected chi connectivity index (χ4v) is 7.78. The number of carbonyl (C=O) groups is 1. The summed E-state index contributed by atoms with van der Waals surface area (Å²) in [5, 5.41) is 10.8. The Morgan fingerprint density at radius 3 is 2.45 bits per heavy atom. The summed E-state index contributed by atoms with van der Waals surface area (Å²) < 4.78 is 130. The molecule has 19 heteroatoms. The molecule has 2 N–H and O–H groups in total. The molecule has 0 aliphatic heterocycles. The van der Waals surface area contributed by atoms with Crippen LogP contribution in [0.25, 0.3) is 22.0 Å². The molecule has 1 amide bonds. The zero-order valence-electron chi connectivity index (χ0n) is 30.1. The van der Waals surface area contributed by atoms with Crippen LogP contribution in [0.5, 0.6) is 0 Å². The van der Waals surface area contributed by atoms with Gasteiger partial charge < -0.3 is 5.32 Å². The topological polar surface area (TPSA) is 127 Å². The number of anilines is 1. The van der Waals surface area contributed by atoms with E-state index in [1.807, 2.05) is 0 Å². The van der Waals surface area contributed by atoms with Crippen molar-refractivity contribution in [3.8, 4) is 23.0 Å². The van der Waals surface area contributed by atoms with Gasteiger partial charge in [0.1, 0.15) is 29.6 Å². The molecule has 0 bridgehead atoms. The highest BCUT2D eigenvalue weighted by Gasteiger charge is 2.68. The van der Waals surface area contributed by atoms with Crippen molar-refractivity contribution in [2.75, 3.05) is 31.6 Å². The van der Waals surface area contributed by atoms with Gasteiger partial charge in [0, 0.05) is 41.1 Å². The Bertz CT molecular complexity index is 2550. The van der Waals surface area contributed by atoms with E-state index in [2.05, 4.69) is 32.1 Å². The van der Waals surface area contributed by atoms with E-state index in [0.717, 1.165) is 18.4 Å². The SMILES string of the molecule is CN(C)CC#Cc1ccc(-c2cccc3c(NS(C)(=O)=O)nn(C)c23)c(C(Cc2cc(F)cc(F)c2)NC(=O)Cn2nc(C(F)(F)F)c3c2C(F)(F)C2CC32)n1. The van der Waals surface area contributed by atoms with Gasteiger partial charge in [-0.1, -0.05) is 18.1 Å². The standard InChI is InChI=1S/C37H33F7N8O3S/c1-50(2)12-6-7-22-10-11-23(24-8-5-9-25-32(24)51(3)48-35(25)49-56(4,54)55)31(45-22)28(15-19-13-20(38)16-21(39)14-19)46-29(53)18-52-34-30(33(47-52)37(42,43)44)26-17-27(26)36(34,40)41/h5,8-11,13-14,16,26-28H,12,15,17-18H2,1-4H3,(H,46,53)(H,48,49). The number of carbonyl (C=O) groups excluding carboxylic acids is 1. The Morgan fingerprint density at radius 1 is 1.07 bits per heavy atom. The number of hydrogen-bond acceptors (Lipinski definition) is 7. The lowest BCUT2D eigenvalue weighted by atomic mass is 9.93. The van der Waals surface area contributed by atoms with Crippen molar-refractivity contribution in [1.29, 1.82) is 0 Å². The fraction of sp³-hybridized carbons (Fsp3) is 0.351. The lowest BCUT2D eigenvalue weighted by molar-refractivity contribution is -0.142. The summed E-state index contributed by atoms with van der Waals surface area (Å²) in [4.78, 5) is 20.4. The number of amides is 1. The Kier molecular flexibility index (Phi) is 9.64. The summed E-state index contributed by atoms with van der Waals surface area (Å²) in [6, 6.07) is 9.53. The summed E-state index contributed by atoms with van der Waals surface area (Å²) in [6.07, 6.45) is -4.56. The highest BCUT2D eigenvalue weighted by Crippen LogP contribution is 2.68. The molecule has 2 aliphatic rings. The molecule has 11 nitrogen and oxygen atoms in total. The number of para-hydroxylation sites is 1. The van der Waals surface area contributed by atoms with Crippen LogP contribution in [0.4, 0.5) is 36.6 Å². The Hall–Kier alpha value is -5.48. The number of hydrogen-bond donors (Lipinski definition) is 2. The fourth-order valence-electron chi connectivity index (χ4n) is 7.28. The number of rotatable bonds is 10. The second kappa shape index (κ2) is 13.9. The number of alkyl halides is 5. The van der Waals surface area contributed by atoms with Gasteiger partial charge in [0.2, 0.25) is 15.9 Å². The molecule has 2 aliphatic carbocycles. The number of aromatic nitrogens is 5. The summed E-state index contributed by atoms with van der Waals surface area (Å²) >= 11 is 0. The van der Waals surface area contributed by atoms with E-state index in [1.54, 1.807) is 56.4 Å². The first kappa shape index (κ1) is 38.8. The van der Waals surface area contributed by atoms with Gasteiger partial charge in [0.15, 0.2) is 11.5 Å². The lowest BCUT2D eigenvalue weighted by Gasteiger charge is -2.23. The molecule has 0 spiro atoms. The quantitative estimate of drug-likeness (QED) is 0.137. The number of nitrogens with one attached hydrogen (secondary N) is 2. The largest absolute Gasteiger partial charge is 0.435 e. The molecule has 56 heavy (non-hydrogen) atoms. The van der Waals surface area contributed by atoms with Gasteiger partial charge in [0.25, 0.3) is 5.92 Å². The predicted octanol–water partition coefficient (Wildman–Crippen LogP) is 5.72. The van der Waals surface area contributed by atoms with E-state index in [4.69, 9.17) is 4.98 Å². The second-order valence-corrected chi connectivity index (χ2v) is 15.9. The molecule has 1 saturated carbocycles. The molecule has 0 saturated heterocycles. The summed E-state index contributed by atoms with van der Waals surface area (Å²) in [6.45, 7) is -0.705. The molecule has 294 valence electrons. The van der Waals surface area contributed by atoms with Crippen LogP contribution in [0.15, 0.2) is 48.5 Å². The van der Waals surface area contributed by atoms with Crippen molar-refractivity contribution in [2.24, 2.45) is 13.0 Å². The Morgan fingerprint density at radius 2 is 1.79 bits per heavy atom. The molecule has 1 fully saturated rings. The Labute approximate surface area is 315 Å². The Balaban J connectivity index is 1.36. The first-order valence-electron chi connectivity index (χ1n) is 17.1. The zero-order chi connectivity index (χ0) is 40.5. The molecule has 2 aromatic carbocycles. The van der Waals surface area contributed by atoms with Gasteiger partial charge in [-0.3, -0.25) is 23.8 Å². The molecule has 7 rings (SSSR count). The summed E-state index contributed by atoms with van der Waals surface area (Å²) in [5.41, 5.74) is -1.54. The average Bonchev–Trinajstić information content (AvgIpc) is 3.63. The molecule has 3 heterocycles. The van der Waals surface area contributed by atoms with Gasteiger partial charge >= 0.3 is 6.18 Å². The van der Waals surface area contributed by atoms with Crippen LogP contribution in [-0.2, 0) is 46.9 Å². The minimum Gasteiger partial charge on any atom is -0.346 e. The predicted molar refractivity (Wildman–Crippen MR) is 191 cm³/mol. The molecule has 5 aromatic rings. The number of benzene rings is 2. The molecule has 3 unspecified atom stereocenters. The van der Waals surface area contributed by atoms with E-state index >= 15 is 8.78 Å². The van der Waals surface area contributed by atoms with Crippen molar-refractivity contribution in [3.05, 3.63) is 94.1 Å². The second-order valence-electron chi connectivity index (χ2n) is 14.2. The first-order chi connectivity index (χ1) is 26.2. The maximum absolute atomic E-state index is 15.4. The van der Waals surface area contributed by atoms with Crippen molar-refractivity contribution < 1.29 is 43.9 Å². The van der Waals surface area contributed by atoms with Crippen molar-refractivity contribution in [3.63, 3.8) is 0 Å². The number of nitrogens with zero attached hydrogens (tertiary/aromatic N) is 6. The van der Waals surface area contributed by atoms with Crippen molar-refractivity contribution >= 4 is 32.7 Å². The maximum Gasteiger partial charge on any atom is 0.435 e. The minimum absolute atomic E-state index is 0.0204. The molecule has 3 aromatic heterocycles. The van der Waals surface area contributed by atoms with Gasteiger partial charge in [-0.2, -0.15) is 32.1 Å². The van der Waals surface area contributed by atoms with E-state index in [-0.39, 0.29) is 35.6 Å². The maximum atomic E-state index is 15.4. The molecular weight excluding hydrogens is 770 g/mol. The third-order valence-corrected chi connectivity index (χ3v) is 10.1. The van der Waals surface area contributed by atoms with Crippen LogP contribution >= 0.6 is 0 Å². The van der Waals surface area contributed by atoms with Gasteiger partial charge in [-0.25, -0.2) is 22.2 Å². The third kappa shape index (κ3) is 7.54. The summed E-state index contributed by atoms with van der Waals surface area (Å²) in [7, 11) is 1.41. The number of fused-ring (bicyclic) bond motifs is 4. The number of sulfonamides is 1. The average molecular weight is 803 g/mol. The zero-order valence-corrected chi connectivity index (χ0v) is 31.0. The molecule has 3 atom stereocenters. The number of aryl methyl sites for hydroxylation is 1. The van der Waals surface area contributed by atoms with Crippen molar-refractivity contribution in [2.45, 2.75) is 43.4 Å². The number of halogens is 7. The molecule has 0 radical (unpaired) electrons. The van der Waals surface area contributed by atoms with Crippen LogP contribution in [-0.4, -0.2) is 70.7 Å². The minimum atomic E-state index is -5.06. The van der Waals surface area contributed by atoms with Gasteiger partial charge in [-0.05, 0) is 74.7 Å². The molecular formula is C37H33F7N8O3S. The van der Waals surface area contributed by atoms with Crippen molar-refractivity contribution in [1.82, 2.24) is 34.8 Å². The number of pyridine rings is 1. The highest BCUT2D eigenvalue weighted by atomic mass is 32.2. The smallest absolute Gasteiger partial charge is 0.346 e. The van der Waals surface area contributed by atoms with Gasteiger partial charge in [-0.15, -0.1) is 0 Å².